The summed E-state index contributed by atoms with van der Waals surface area (Å²) in [7, 11) is 0. The van der Waals surface area contributed by atoms with Gasteiger partial charge in [0.15, 0.2) is 0 Å². The molecule has 1 heteroatoms. The summed E-state index contributed by atoms with van der Waals surface area (Å²) < 4.78 is 0. The van der Waals surface area contributed by atoms with Crippen molar-refractivity contribution in [3.05, 3.63) is 29.8 Å². The molecular formula is C13H20O. The maximum atomic E-state index is 9.29. The molecule has 0 saturated carbocycles. The minimum Gasteiger partial charge on any atom is -0.508 e. The highest BCUT2D eigenvalue weighted by Gasteiger charge is 2.03. The molecular weight excluding hydrogens is 172 g/mol. The number of aryl methyl sites for hydroxylation is 1. The molecule has 0 aliphatic rings. The monoisotopic (exact) mass is 192 g/mol. The van der Waals surface area contributed by atoms with E-state index in [1.807, 2.05) is 12.1 Å². The first-order valence-electron chi connectivity index (χ1n) is 5.54. The molecule has 1 aromatic carbocycles. The topological polar surface area (TPSA) is 20.2 Å². The summed E-state index contributed by atoms with van der Waals surface area (Å²) in [5.41, 5.74) is 1.25. The third-order valence-electron chi connectivity index (χ3n) is 2.91. The first kappa shape index (κ1) is 11.1. The zero-order valence-corrected chi connectivity index (χ0v) is 9.16. The van der Waals surface area contributed by atoms with Crippen LogP contribution >= 0.6 is 0 Å². The van der Waals surface area contributed by atoms with Gasteiger partial charge in [0, 0.05) is 0 Å². The molecule has 14 heavy (non-hydrogen) atoms. The van der Waals surface area contributed by atoms with Crippen molar-refractivity contribution in [1.82, 2.24) is 0 Å². The molecule has 0 heterocycles. The van der Waals surface area contributed by atoms with Gasteiger partial charge in [0.25, 0.3) is 0 Å². The molecule has 0 amide bonds. The van der Waals surface area contributed by atoms with E-state index in [0.29, 0.717) is 5.75 Å². The van der Waals surface area contributed by atoms with E-state index in [9.17, 15) is 5.11 Å². The summed E-state index contributed by atoms with van der Waals surface area (Å²) >= 11 is 0. The van der Waals surface area contributed by atoms with Crippen molar-refractivity contribution in [1.29, 1.82) is 0 Å². The van der Waals surface area contributed by atoms with Crippen molar-refractivity contribution in [3.63, 3.8) is 0 Å². The predicted molar refractivity (Wildman–Crippen MR) is 60.5 cm³/mol. The Morgan fingerprint density at radius 3 is 2.50 bits per heavy atom. The SMILES string of the molecule is CCC(CC)CCc1cccc(O)c1. The first-order chi connectivity index (χ1) is 6.76. The maximum absolute atomic E-state index is 9.29. The fourth-order valence-electron chi connectivity index (χ4n) is 1.78. The Morgan fingerprint density at radius 2 is 1.93 bits per heavy atom. The molecule has 1 rings (SSSR count). The summed E-state index contributed by atoms with van der Waals surface area (Å²) in [5, 5.41) is 9.29. The third-order valence-corrected chi connectivity index (χ3v) is 2.91. The summed E-state index contributed by atoms with van der Waals surface area (Å²) in [6.07, 6.45) is 4.84. The van der Waals surface area contributed by atoms with E-state index in [1.54, 1.807) is 6.07 Å². The molecule has 1 nitrogen and oxygen atoms in total. The summed E-state index contributed by atoms with van der Waals surface area (Å²) in [5.74, 6) is 1.21. The van der Waals surface area contributed by atoms with Crippen molar-refractivity contribution in [2.75, 3.05) is 0 Å². The fourth-order valence-corrected chi connectivity index (χ4v) is 1.78. The van der Waals surface area contributed by atoms with Crippen LogP contribution in [0.15, 0.2) is 24.3 Å². The molecule has 0 spiro atoms. The number of phenols is 1. The zero-order valence-electron chi connectivity index (χ0n) is 9.16. The van der Waals surface area contributed by atoms with Crippen LogP contribution in [0.25, 0.3) is 0 Å². The van der Waals surface area contributed by atoms with E-state index < -0.39 is 0 Å². The standard InChI is InChI=1S/C13H20O/c1-3-11(4-2)8-9-12-6-5-7-13(14)10-12/h5-7,10-11,14H,3-4,8-9H2,1-2H3. The zero-order chi connectivity index (χ0) is 10.4. The molecule has 0 aliphatic carbocycles. The van der Waals surface area contributed by atoms with Gasteiger partial charge in [-0.15, -0.1) is 0 Å². The second kappa shape index (κ2) is 5.69. The van der Waals surface area contributed by atoms with Gasteiger partial charge in [-0.05, 0) is 36.5 Å². The van der Waals surface area contributed by atoms with Gasteiger partial charge in [-0.1, -0.05) is 38.8 Å². The van der Waals surface area contributed by atoms with E-state index in [-0.39, 0.29) is 0 Å². The van der Waals surface area contributed by atoms with E-state index >= 15 is 0 Å². The van der Waals surface area contributed by atoms with Crippen LogP contribution in [-0.4, -0.2) is 5.11 Å². The van der Waals surface area contributed by atoms with Crippen molar-refractivity contribution in [3.8, 4) is 5.75 Å². The minimum absolute atomic E-state index is 0.382. The highest BCUT2D eigenvalue weighted by atomic mass is 16.3. The van der Waals surface area contributed by atoms with Gasteiger partial charge in [-0.25, -0.2) is 0 Å². The average Bonchev–Trinajstić information content (AvgIpc) is 2.19. The minimum atomic E-state index is 0.382. The Labute approximate surface area is 86.8 Å². The Bertz CT molecular complexity index is 264. The van der Waals surface area contributed by atoms with E-state index in [0.717, 1.165) is 12.3 Å². The molecule has 0 unspecified atom stereocenters. The number of phenolic OH excluding ortho intramolecular Hbond substituents is 1. The average molecular weight is 192 g/mol. The number of hydrogen-bond donors (Lipinski definition) is 1. The Morgan fingerprint density at radius 1 is 1.21 bits per heavy atom. The van der Waals surface area contributed by atoms with Crippen LogP contribution < -0.4 is 0 Å². The van der Waals surface area contributed by atoms with E-state index in [1.165, 1.54) is 24.8 Å². The number of aromatic hydroxyl groups is 1. The van der Waals surface area contributed by atoms with Crippen LogP contribution in [0, 0.1) is 5.92 Å². The van der Waals surface area contributed by atoms with Crippen LogP contribution in [0.3, 0.4) is 0 Å². The van der Waals surface area contributed by atoms with Crippen LogP contribution in [-0.2, 0) is 6.42 Å². The molecule has 0 aromatic heterocycles. The second-order valence-corrected chi connectivity index (χ2v) is 3.89. The van der Waals surface area contributed by atoms with Crippen LogP contribution in [0.2, 0.25) is 0 Å². The number of rotatable bonds is 5. The molecule has 0 fully saturated rings. The Balaban J connectivity index is 2.44. The summed E-state index contributed by atoms with van der Waals surface area (Å²) in [6, 6.07) is 7.59. The van der Waals surface area contributed by atoms with Crippen molar-refractivity contribution >= 4 is 0 Å². The van der Waals surface area contributed by atoms with Gasteiger partial charge in [0.1, 0.15) is 5.75 Å². The Kier molecular flexibility index (Phi) is 4.51. The highest BCUT2D eigenvalue weighted by molar-refractivity contribution is 5.27. The van der Waals surface area contributed by atoms with Crippen molar-refractivity contribution < 1.29 is 5.11 Å². The third kappa shape index (κ3) is 3.41. The second-order valence-electron chi connectivity index (χ2n) is 3.89. The van der Waals surface area contributed by atoms with Gasteiger partial charge < -0.3 is 5.11 Å². The van der Waals surface area contributed by atoms with Gasteiger partial charge in [0.2, 0.25) is 0 Å². The lowest BCUT2D eigenvalue weighted by molar-refractivity contribution is 0.453. The van der Waals surface area contributed by atoms with Crippen molar-refractivity contribution in [2.45, 2.75) is 39.5 Å². The first-order valence-corrected chi connectivity index (χ1v) is 5.54. The van der Waals surface area contributed by atoms with E-state index in [4.69, 9.17) is 0 Å². The van der Waals surface area contributed by atoms with Crippen LogP contribution in [0.5, 0.6) is 5.75 Å². The molecule has 0 aliphatic heterocycles. The smallest absolute Gasteiger partial charge is 0.115 e. The van der Waals surface area contributed by atoms with Crippen LogP contribution in [0.4, 0.5) is 0 Å². The van der Waals surface area contributed by atoms with Gasteiger partial charge in [-0.2, -0.15) is 0 Å². The number of hydrogen-bond acceptors (Lipinski definition) is 1. The molecule has 0 saturated heterocycles. The molecule has 1 aromatic rings. The van der Waals surface area contributed by atoms with Crippen LogP contribution in [0.1, 0.15) is 38.7 Å². The van der Waals surface area contributed by atoms with Crippen molar-refractivity contribution in [2.24, 2.45) is 5.92 Å². The largest absolute Gasteiger partial charge is 0.508 e. The van der Waals surface area contributed by atoms with E-state index in [2.05, 4.69) is 19.9 Å². The summed E-state index contributed by atoms with van der Waals surface area (Å²) in [4.78, 5) is 0. The predicted octanol–water partition coefficient (Wildman–Crippen LogP) is 3.76. The highest BCUT2D eigenvalue weighted by Crippen LogP contribution is 2.18. The lowest BCUT2D eigenvalue weighted by Gasteiger charge is -2.11. The maximum Gasteiger partial charge on any atom is 0.115 e. The number of benzene rings is 1. The normalized spacial score (nSPS) is 10.8. The molecule has 0 bridgehead atoms. The summed E-state index contributed by atoms with van der Waals surface area (Å²) in [6.45, 7) is 4.49. The van der Waals surface area contributed by atoms with Gasteiger partial charge in [-0.3, -0.25) is 0 Å². The molecule has 78 valence electrons. The quantitative estimate of drug-likeness (QED) is 0.753. The lowest BCUT2D eigenvalue weighted by atomic mass is 9.95. The Hall–Kier alpha value is -0.980. The molecule has 0 atom stereocenters. The molecule has 0 radical (unpaired) electrons. The molecule has 1 N–H and O–H groups in total. The van der Waals surface area contributed by atoms with Gasteiger partial charge in [0.05, 0.1) is 0 Å². The fraction of sp³-hybridized carbons (Fsp3) is 0.538. The lowest BCUT2D eigenvalue weighted by Crippen LogP contribution is -1.98. The van der Waals surface area contributed by atoms with Gasteiger partial charge >= 0.3 is 0 Å².